The van der Waals surface area contributed by atoms with E-state index in [1.54, 1.807) is 20.4 Å². The fourth-order valence-electron chi connectivity index (χ4n) is 3.86. The van der Waals surface area contributed by atoms with E-state index in [0.717, 1.165) is 71.8 Å². The molecule has 0 saturated heterocycles. The van der Waals surface area contributed by atoms with Crippen molar-refractivity contribution in [3.05, 3.63) is 89.3 Å². The van der Waals surface area contributed by atoms with Crippen LogP contribution in [0.3, 0.4) is 0 Å². The molecule has 40 heavy (non-hydrogen) atoms. The van der Waals surface area contributed by atoms with Crippen LogP contribution < -0.4 is 14.8 Å². The number of benzene rings is 1. The van der Waals surface area contributed by atoms with Crippen molar-refractivity contribution in [1.29, 1.82) is 0 Å². The van der Waals surface area contributed by atoms with Crippen LogP contribution in [0.4, 0.5) is 0 Å². The lowest BCUT2D eigenvalue weighted by atomic mass is 10.00. The highest BCUT2D eigenvalue weighted by molar-refractivity contribution is 6.02. The van der Waals surface area contributed by atoms with E-state index in [4.69, 9.17) is 14.5 Å². The Morgan fingerprint density at radius 1 is 0.975 bits per heavy atom. The van der Waals surface area contributed by atoms with Crippen LogP contribution in [-0.4, -0.2) is 31.6 Å². The van der Waals surface area contributed by atoms with Gasteiger partial charge in [-0.2, -0.15) is 0 Å². The van der Waals surface area contributed by atoms with Gasteiger partial charge < -0.3 is 14.8 Å². The highest BCUT2D eigenvalue weighted by Crippen LogP contribution is 2.30. The Morgan fingerprint density at radius 2 is 1.73 bits per heavy atom. The molecule has 5 nitrogen and oxygen atoms in total. The zero-order valence-electron chi connectivity index (χ0n) is 26.3. The highest BCUT2D eigenvalue weighted by Gasteiger charge is 2.14. The molecule has 5 heteroatoms. The molecule has 0 bridgehead atoms. The van der Waals surface area contributed by atoms with Crippen molar-refractivity contribution in [3.8, 4) is 22.8 Å². The Morgan fingerprint density at radius 3 is 2.33 bits per heavy atom. The maximum absolute atomic E-state index is 5.77. The van der Waals surface area contributed by atoms with Gasteiger partial charge in [0, 0.05) is 16.7 Å². The third-order valence-corrected chi connectivity index (χ3v) is 6.10. The standard InChI is InChI=1S/C33H45N3O2.C2H6/c1-8-11-13-20-34-33(36-23-27(14-10-3)17-16-25(4)15-12-9-2)30-21-28(22-32(38-7)26(30)5)31-19-18-29(37-6)24-35-31;1-2/h13-22,24H,8-12,23H2,1-7H3,(H,34,36);1-2H3/b17-16-,20-13+,25-15+,27-14-;. The molecular formula is C35H51N3O2. The molecule has 0 amide bonds. The van der Waals surface area contributed by atoms with Gasteiger partial charge in [-0.15, -0.1) is 0 Å². The molecule has 2 rings (SSSR count). The predicted molar refractivity (Wildman–Crippen MR) is 174 cm³/mol. The van der Waals surface area contributed by atoms with E-state index in [1.165, 1.54) is 11.1 Å². The second-order valence-electron chi connectivity index (χ2n) is 9.19. The average molecular weight is 546 g/mol. The molecule has 0 unspecified atom stereocenters. The summed E-state index contributed by atoms with van der Waals surface area (Å²) in [4.78, 5) is 9.66. The topological polar surface area (TPSA) is 55.7 Å². The number of amidine groups is 1. The first-order valence-corrected chi connectivity index (χ1v) is 14.7. The highest BCUT2D eigenvalue weighted by atomic mass is 16.5. The summed E-state index contributed by atoms with van der Waals surface area (Å²) < 4.78 is 11.0. The number of nitrogens with one attached hydrogen (secondary N) is 1. The van der Waals surface area contributed by atoms with Crippen LogP contribution >= 0.6 is 0 Å². The van der Waals surface area contributed by atoms with E-state index in [0.29, 0.717) is 6.54 Å². The van der Waals surface area contributed by atoms with Gasteiger partial charge in [0.2, 0.25) is 0 Å². The summed E-state index contributed by atoms with van der Waals surface area (Å²) >= 11 is 0. The summed E-state index contributed by atoms with van der Waals surface area (Å²) in [7, 11) is 3.34. The minimum Gasteiger partial charge on any atom is -0.496 e. The Bertz CT molecular complexity index is 1160. The Hall–Kier alpha value is -3.60. The first kappa shape index (κ1) is 34.4. The number of hydrogen-bond donors (Lipinski definition) is 1. The van der Waals surface area contributed by atoms with E-state index in [9.17, 15) is 0 Å². The number of hydrogen-bond acceptors (Lipinski definition) is 4. The first-order valence-electron chi connectivity index (χ1n) is 14.7. The lowest BCUT2D eigenvalue weighted by Crippen LogP contribution is -2.21. The summed E-state index contributed by atoms with van der Waals surface area (Å²) in [5.41, 5.74) is 6.27. The van der Waals surface area contributed by atoms with Crippen LogP contribution in [0.25, 0.3) is 11.3 Å². The smallest absolute Gasteiger partial charge is 0.137 e. The van der Waals surface area contributed by atoms with Gasteiger partial charge in [-0.05, 0) is 69.1 Å². The molecule has 0 radical (unpaired) electrons. The quantitative estimate of drug-likeness (QED) is 0.146. The van der Waals surface area contributed by atoms with Crippen LogP contribution in [0.5, 0.6) is 11.5 Å². The van der Waals surface area contributed by atoms with Crippen molar-refractivity contribution in [2.45, 2.75) is 80.6 Å². The van der Waals surface area contributed by atoms with Crippen LogP contribution in [0.1, 0.15) is 84.8 Å². The summed E-state index contributed by atoms with van der Waals surface area (Å²) in [6, 6.07) is 8.02. The third-order valence-electron chi connectivity index (χ3n) is 6.10. The van der Waals surface area contributed by atoms with Crippen molar-refractivity contribution in [2.24, 2.45) is 4.99 Å². The first-order chi connectivity index (χ1) is 19.5. The number of aliphatic imine (C=N–C) groups is 1. The Kier molecular flexibility index (Phi) is 17.5. The minimum absolute atomic E-state index is 0.572. The van der Waals surface area contributed by atoms with E-state index in [-0.39, 0.29) is 0 Å². The molecule has 1 aromatic carbocycles. The molecule has 0 saturated carbocycles. The number of methoxy groups -OCH3 is 2. The molecule has 0 aliphatic rings. The lowest BCUT2D eigenvalue weighted by molar-refractivity contribution is 0.411. The predicted octanol–water partition coefficient (Wildman–Crippen LogP) is 9.39. The average Bonchev–Trinajstić information content (AvgIpc) is 2.99. The van der Waals surface area contributed by atoms with Gasteiger partial charge in [0.25, 0.3) is 0 Å². The van der Waals surface area contributed by atoms with E-state index in [2.05, 4.69) is 81.4 Å². The van der Waals surface area contributed by atoms with Crippen LogP contribution in [0.15, 0.2) is 83.2 Å². The second-order valence-corrected chi connectivity index (χ2v) is 9.19. The van der Waals surface area contributed by atoms with Gasteiger partial charge in [0.05, 0.1) is 32.7 Å². The van der Waals surface area contributed by atoms with Gasteiger partial charge in [-0.25, -0.2) is 0 Å². The fourth-order valence-corrected chi connectivity index (χ4v) is 3.86. The van der Waals surface area contributed by atoms with Gasteiger partial charge in [-0.1, -0.05) is 83.4 Å². The van der Waals surface area contributed by atoms with Crippen LogP contribution in [0.2, 0.25) is 0 Å². The summed E-state index contributed by atoms with van der Waals surface area (Å²) in [5, 5.41) is 3.46. The third kappa shape index (κ3) is 11.6. The van der Waals surface area contributed by atoms with Crippen LogP contribution in [0, 0.1) is 6.92 Å². The van der Waals surface area contributed by atoms with Crippen molar-refractivity contribution in [2.75, 3.05) is 20.8 Å². The van der Waals surface area contributed by atoms with Crippen molar-refractivity contribution >= 4 is 5.84 Å². The van der Waals surface area contributed by atoms with Crippen molar-refractivity contribution < 1.29 is 9.47 Å². The number of ether oxygens (including phenoxy) is 2. The Balaban J connectivity index is 0.00000391. The second kappa shape index (κ2) is 20.3. The monoisotopic (exact) mass is 545 g/mol. The van der Waals surface area contributed by atoms with Gasteiger partial charge in [0.1, 0.15) is 17.3 Å². The summed E-state index contributed by atoms with van der Waals surface area (Å²) in [5.74, 6) is 2.32. The van der Waals surface area contributed by atoms with E-state index >= 15 is 0 Å². The largest absolute Gasteiger partial charge is 0.496 e. The lowest BCUT2D eigenvalue weighted by Gasteiger charge is -2.16. The number of nitrogens with zero attached hydrogens (tertiary/aromatic N) is 2. The Labute approximate surface area is 243 Å². The zero-order chi connectivity index (χ0) is 29.8. The number of rotatable bonds is 14. The molecule has 0 spiro atoms. The fraction of sp³-hybridized carbons (Fsp3) is 0.429. The summed E-state index contributed by atoms with van der Waals surface area (Å²) in [6.45, 7) is 15.3. The van der Waals surface area contributed by atoms with Crippen molar-refractivity contribution in [1.82, 2.24) is 10.3 Å². The molecule has 1 N–H and O–H groups in total. The number of pyridine rings is 1. The van der Waals surface area contributed by atoms with E-state index in [1.807, 2.05) is 38.2 Å². The normalized spacial score (nSPS) is 12.5. The molecule has 2 aromatic rings. The van der Waals surface area contributed by atoms with Gasteiger partial charge >= 0.3 is 0 Å². The van der Waals surface area contributed by atoms with Gasteiger partial charge in [-0.3, -0.25) is 9.98 Å². The van der Waals surface area contributed by atoms with E-state index < -0.39 is 0 Å². The maximum Gasteiger partial charge on any atom is 0.137 e. The summed E-state index contributed by atoms with van der Waals surface area (Å²) in [6.07, 6.45) is 20.1. The SMILES string of the molecule is CC.CC/C=C(/C=C\C(C)=C\CCC)CN=C(N/C=C/CCC)c1cc(-c2ccc(OC)cn2)cc(OC)c1C. The number of unbranched alkanes of at least 4 members (excludes halogenated alkanes) is 2. The minimum atomic E-state index is 0.572. The molecule has 0 atom stereocenters. The molecule has 0 aliphatic carbocycles. The number of allylic oxidation sites excluding steroid dienone is 5. The molecule has 218 valence electrons. The number of aromatic nitrogens is 1. The van der Waals surface area contributed by atoms with Crippen molar-refractivity contribution in [3.63, 3.8) is 0 Å². The molecular weight excluding hydrogens is 494 g/mol. The molecule has 1 heterocycles. The molecule has 0 aliphatic heterocycles. The molecule has 0 fully saturated rings. The molecule has 1 aromatic heterocycles. The zero-order valence-corrected chi connectivity index (χ0v) is 26.3. The van der Waals surface area contributed by atoms with Gasteiger partial charge in [0.15, 0.2) is 0 Å². The maximum atomic E-state index is 5.77. The van der Waals surface area contributed by atoms with Crippen LogP contribution in [-0.2, 0) is 0 Å².